The molecule has 2 aliphatic rings. The molecule has 0 N–H and O–H groups in total. The van der Waals surface area contributed by atoms with Gasteiger partial charge in [0.15, 0.2) is 0 Å². The minimum absolute atomic E-state index is 0.666. The highest BCUT2D eigenvalue weighted by molar-refractivity contribution is 7.00. The van der Waals surface area contributed by atoms with Crippen LogP contribution in [0.1, 0.15) is 25.7 Å². The van der Waals surface area contributed by atoms with Crippen LogP contribution in [0.15, 0.2) is 12.1 Å². The molecule has 21 heavy (non-hydrogen) atoms. The smallest absolute Gasteiger partial charge is 0.129 e. The lowest BCUT2D eigenvalue weighted by Crippen LogP contribution is -2.44. The third kappa shape index (κ3) is 2.51. The summed E-state index contributed by atoms with van der Waals surface area (Å²) in [6.07, 6.45) is 5.20. The van der Waals surface area contributed by atoms with Crippen LogP contribution >= 0.6 is 23.3 Å². The maximum absolute atomic E-state index is 6.50. The van der Waals surface area contributed by atoms with Crippen molar-refractivity contribution in [3.63, 3.8) is 0 Å². The average Bonchev–Trinajstić information content (AvgIpc) is 2.86. The number of halogens is 1. The molecule has 0 radical (unpaired) electrons. The van der Waals surface area contributed by atoms with Crippen molar-refractivity contribution in [1.29, 1.82) is 0 Å². The van der Waals surface area contributed by atoms with Crippen molar-refractivity contribution in [2.24, 2.45) is 0 Å². The molecule has 0 amide bonds. The largest absolute Gasteiger partial charge is 0.367 e. The van der Waals surface area contributed by atoms with E-state index in [4.69, 9.17) is 11.6 Å². The summed E-state index contributed by atoms with van der Waals surface area (Å²) in [5.74, 6) is 0. The molecule has 2 fully saturated rings. The van der Waals surface area contributed by atoms with Crippen LogP contribution in [-0.4, -0.2) is 45.9 Å². The van der Waals surface area contributed by atoms with Gasteiger partial charge in [-0.15, -0.1) is 0 Å². The van der Waals surface area contributed by atoms with E-state index in [2.05, 4.69) is 18.5 Å². The Hall–Kier alpha value is -0.910. The van der Waals surface area contributed by atoms with Gasteiger partial charge < -0.3 is 4.90 Å². The number of aromatic nitrogens is 2. The summed E-state index contributed by atoms with van der Waals surface area (Å²) in [6.45, 7) is 4.60. The van der Waals surface area contributed by atoms with Crippen LogP contribution in [0.3, 0.4) is 0 Å². The van der Waals surface area contributed by atoms with E-state index in [1.54, 1.807) is 0 Å². The van der Waals surface area contributed by atoms with E-state index in [-0.39, 0.29) is 0 Å². The molecular weight excluding hydrogens is 304 g/mol. The van der Waals surface area contributed by atoms with Gasteiger partial charge in [-0.05, 0) is 37.9 Å². The number of hydrogen-bond donors (Lipinski definition) is 0. The first kappa shape index (κ1) is 13.7. The zero-order valence-electron chi connectivity index (χ0n) is 12.0. The van der Waals surface area contributed by atoms with Crippen LogP contribution in [0, 0.1) is 0 Å². The Morgan fingerprint density at radius 2 is 2.00 bits per heavy atom. The number of benzene rings is 1. The van der Waals surface area contributed by atoms with Gasteiger partial charge in [-0.2, -0.15) is 8.75 Å². The lowest BCUT2D eigenvalue weighted by atomic mass is 10.0. The fourth-order valence-corrected chi connectivity index (χ4v) is 4.50. The van der Waals surface area contributed by atoms with Crippen LogP contribution < -0.4 is 4.90 Å². The molecule has 1 atom stereocenters. The number of nitrogens with zero attached hydrogens (tertiary/aromatic N) is 4. The van der Waals surface area contributed by atoms with Gasteiger partial charge in [-0.3, -0.25) is 4.90 Å². The molecule has 1 aromatic carbocycles. The monoisotopic (exact) mass is 322 g/mol. The quantitative estimate of drug-likeness (QED) is 0.805. The van der Waals surface area contributed by atoms with Crippen molar-refractivity contribution in [1.82, 2.24) is 13.6 Å². The molecule has 0 aliphatic carbocycles. The first-order valence-electron chi connectivity index (χ1n) is 7.73. The minimum Gasteiger partial charge on any atom is -0.367 e. The first-order valence-corrected chi connectivity index (χ1v) is 8.83. The molecule has 6 heteroatoms. The predicted octanol–water partition coefficient (Wildman–Crippen LogP) is 3.41. The van der Waals surface area contributed by atoms with E-state index in [1.807, 2.05) is 12.1 Å². The summed E-state index contributed by atoms with van der Waals surface area (Å²) in [4.78, 5) is 5.11. The Bertz CT molecular complexity index is 644. The summed E-state index contributed by atoms with van der Waals surface area (Å²) in [5, 5.41) is 0.805. The lowest BCUT2D eigenvalue weighted by molar-refractivity contribution is 0.162. The van der Waals surface area contributed by atoms with E-state index in [0.29, 0.717) is 6.04 Å². The fourth-order valence-electron chi connectivity index (χ4n) is 3.69. The van der Waals surface area contributed by atoms with Crippen molar-refractivity contribution >= 4 is 40.0 Å². The van der Waals surface area contributed by atoms with Gasteiger partial charge in [0.2, 0.25) is 0 Å². The normalized spacial score (nSPS) is 24.0. The van der Waals surface area contributed by atoms with Gasteiger partial charge in [-0.1, -0.05) is 18.0 Å². The maximum Gasteiger partial charge on any atom is 0.129 e. The number of fused-ring (bicyclic) bond motifs is 2. The Balaban J connectivity index is 1.70. The second-order valence-electron chi connectivity index (χ2n) is 6.01. The molecule has 4 nitrogen and oxygen atoms in total. The van der Waals surface area contributed by atoms with Gasteiger partial charge in [0.05, 0.1) is 22.4 Å². The van der Waals surface area contributed by atoms with Crippen LogP contribution in [0.5, 0.6) is 0 Å². The van der Waals surface area contributed by atoms with E-state index >= 15 is 0 Å². The summed E-state index contributed by atoms with van der Waals surface area (Å²) >= 11 is 7.78. The van der Waals surface area contributed by atoms with Crippen LogP contribution in [0.4, 0.5) is 5.69 Å². The first-order chi connectivity index (χ1) is 10.3. The Labute approximate surface area is 134 Å². The molecule has 2 saturated heterocycles. The van der Waals surface area contributed by atoms with Crippen molar-refractivity contribution in [3.8, 4) is 0 Å². The van der Waals surface area contributed by atoms with Crippen molar-refractivity contribution in [2.45, 2.75) is 31.7 Å². The number of hydrogen-bond acceptors (Lipinski definition) is 5. The van der Waals surface area contributed by atoms with Crippen molar-refractivity contribution in [2.75, 3.05) is 31.1 Å². The number of anilines is 1. The standard InChI is InChI=1S/C15H19ClN4S/c16-12-5-6-13-14(18-21-17-13)15(12)20-9-3-8-19-7-2-1-4-11(19)10-20/h5-6,11H,1-4,7-10H2. The molecule has 3 heterocycles. The van der Waals surface area contributed by atoms with Gasteiger partial charge >= 0.3 is 0 Å². The summed E-state index contributed by atoms with van der Waals surface area (Å²) < 4.78 is 8.84. The Kier molecular flexibility index (Phi) is 3.73. The zero-order valence-corrected chi connectivity index (χ0v) is 13.5. The van der Waals surface area contributed by atoms with Crippen LogP contribution in [-0.2, 0) is 0 Å². The van der Waals surface area contributed by atoms with E-state index in [9.17, 15) is 0 Å². The minimum atomic E-state index is 0.666. The van der Waals surface area contributed by atoms with Gasteiger partial charge in [0.1, 0.15) is 11.0 Å². The van der Waals surface area contributed by atoms with Gasteiger partial charge in [-0.25, -0.2) is 0 Å². The highest BCUT2D eigenvalue weighted by atomic mass is 35.5. The SMILES string of the molecule is Clc1ccc2nsnc2c1N1CCCN2CCCCC2C1. The maximum atomic E-state index is 6.50. The molecule has 0 bridgehead atoms. The molecule has 112 valence electrons. The number of rotatable bonds is 1. The molecule has 2 aliphatic heterocycles. The molecule has 2 aromatic rings. The van der Waals surface area contributed by atoms with Gasteiger partial charge in [0.25, 0.3) is 0 Å². The third-order valence-corrected chi connectivity index (χ3v) is 5.57. The lowest BCUT2D eigenvalue weighted by Gasteiger charge is -2.36. The van der Waals surface area contributed by atoms with E-state index < -0.39 is 0 Å². The molecule has 4 rings (SSSR count). The zero-order chi connectivity index (χ0) is 14.2. The summed E-state index contributed by atoms with van der Waals surface area (Å²) in [7, 11) is 0. The second-order valence-corrected chi connectivity index (χ2v) is 6.95. The highest BCUT2D eigenvalue weighted by Gasteiger charge is 2.29. The Morgan fingerprint density at radius 1 is 1.10 bits per heavy atom. The fraction of sp³-hybridized carbons (Fsp3) is 0.600. The molecule has 0 spiro atoms. The van der Waals surface area contributed by atoms with Crippen LogP contribution in [0.25, 0.3) is 11.0 Å². The predicted molar refractivity (Wildman–Crippen MR) is 88.5 cm³/mol. The second kappa shape index (κ2) is 5.71. The number of piperidine rings is 1. The molecule has 1 unspecified atom stereocenters. The molecular formula is C15H19ClN4S. The van der Waals surface area contributed by atoms with Gasteiger partial charge in [0, 0.05) is 25.7 Å². The van der Waals surface area contributed by atoms with Crippen LogP contribution in [0.2, 0.25) is 5.02 Å². The van der Waals surface area contributed by atoms with E-state index in [0.717, 1.165) is 34.8 Å². The highest BCUT2D eigenvalue weighted by Crippen LogP contribution is 2.35. The molecule has 1 aromatic heterocycles. The van der Waals surface area contributed by atoms with E-state index in [1.165, 1.54) is 50.5 Å². The summed E-state index contributed by atoms with van der Waals surface area (Å²) in [5.41, 5.74) is 3.02. The topological polar surface area (TPSA) is 32.3 Å². The molecule has 0 saturated carbocycles. The van der Waals surface area contributed by atoms with Crippen molar-refractivity contribution in [3.05, 3.63) is 17.2 Å². The Morgan fingerprint density at radius 3 is 2.95 bits per heavy atom. The van der Waals surface area contributed by atoms with Crippen molar-refractivity contribution < 1.29 is 0 Å². The average molecular weight is 323 g/mol. The third-order valence-electron chi connectivity index (χ3n) is 4.72. The summed E-state index contributed by atoms with van der Waals surface area (Å²) in [6, 6.07) is 4.60.